The molecule has 1 rings (SSSR count). The van der Waals surface area contributed by atoms with Gasteiger partial charge >= 0.3 is 0 Å². The molecule has 0 aromatic carbocycles. The van der Waals surface area contributed by atoms with Crippen molar-refractivity contribution in [3.05, 3.63) is 0 Å². The van der Waals surface area contributed by atoms with E-state index in [9.17, 15) is 14.4 Å². The standard InChI is InChI=1S/C21H45N9O3/c22-10-16(25)1-4-28-19(31)13-7-14(20(32)29-5-2-17(26)11-23)9-15(8-13)21(33)30-6-3-18(27)12-24/h13-18H,1-12,22-27H2,(H,28,31)(H,29,32)(H,30,33). The molecule has 12 heteroatoms. The first kappa shape index (κ1) is 29.2. The first-order valence-corrected chi connectivity index (χ1v) is 11.9. The van der Waals surface area contributed by atoms with Crippen LogP contribution in [0.4, 0.5) is 0 Å². The van der Waals surface area contributed by atoms with Gasteiger partial charge in [0.05, 0.1) is 0 Å². The molecule has 0 bridgehead atoms. The Morgan fingerprint density at radius 3 is 1.03 bits per heavy atom. The van der Waals surface area contributed by atoms with Gasteiger partial charge in [0.2, 0.25) is 17.7 Å². The molecular weight excluding hydrogens is 426 g/mol. The van der Waals surface area contributed by atoms with Crippen molar-refractivity contribution in [2.24, 2.45) is 52.2 Å². The minimum atomic E-state index is -0.447. The Balaban J connectivity index is 2.73. The van der Waals surface area contributed by atoms with Crippen LogP contribution in [0.15, 0.2) is 0 Å². The first-order chi connectivity index (χ1) is 15.7. The van der Waals surface area contributed by atoms with Gasteiger partial charge in [0.25, 0.3) is 0 Å². The second-order valence-corrected chi connectivity index (χ2v) is 9.02. The number of carbonyl (C=O) groups excluding carboxylic acids is 3. The molecule has 33 heavy (non-hydrogen) atoms. The average molecular weight is 472 g/mol. The molecule has 3 amide bonds. The van der Waals surface area contributed by atoms with Crippen LogP contribution in [0.5, 0.6) is 0 Å². The maximum atomic E-state index is 12.8. The summed E-state index contributed by atoms with van der Waals surface area (Å²) in [5, 5.41) is 8.61. The Bertz CT molecular complexity index is 521. The Labute approximate surface area is 196 Å². The van der Waals surface area contributed by atoms with Crippen molar-refractivity contribution in [1.82, 2.24) is 16.0 Å². The molecule has 3 unspecified atom stereocenters. The molecule has 0 aliphatic heterocycles. The molecule has 12 nitrogen and oxygen atoms in total. The van der Waals surface area contributed by atoms with Crippen LogP contribution in [0.2, 0.25) is 0 Å². The van der Waals surface area contributed by atoms with E-state index in [1.165, 1.54) is 0 Å². The van der Waals surface area contributed by atoms with E-state index in [2.05, 4.69) is 16.0 Å². The highest BCUT2D eigenvalue weighted by molar-refractivity contribution is 5.85. The largest absolute Gasteiger partial charge is 0.356 e. The predicted octanol–water partition coefficient (Wildman–Crippen LogP) is -3.60. The van der Waals surface area contributed by atoms with E-state index in [-0.39, 0.29) is 35.8 Å². The zero-order valence-electron chi connectivity index (χ0n) is 19.6. The van der Waals surface area contributed by atoms with Gasteiger partial charge in [-0.2, -0.15) is 0 Å². The van der Waals surface area contributed by atoms with E-state index in [0.717, 1.165) is 0 Å². The summed E-state index contributed by atoms with van der Waals surface area (Å²) in [6.07, 6.45) is 2.82. The third-order valence-electron chi connectivity index (χ3n) is 6.17. The van der Waals surface area contributed by atoms with Crippen molar-refractivity contribution in [1.29, 1.82) is 0 Å². The van der Waals surface area contributed by atoms with Crippen LogP contribution in [0.25, 0.3) is 0 Å². The Hall–Kier alpha value is -1.83. The lowest BCUT2D eigenvalue weighted by Gasteiger charge is -2.33. The van der Waals surface area contributed by atoms with E-state index >= 15 is 0 Å². The van der Waals surface area contributed by atoms with Crippen molar-refractivity contribution >= 4 is 17.7 Å². The van der Waals surface area contributed by atoms with Gasteiger partial charge in [0.1, 0.15) is 0 Å². The minimum absolute atomic E-state index is 0.176. The number of hydrogen-bond acceptors (Lipinski definition) is 9. The van der Waals surface area contributed by atoms with Gasteiger partial charge in [-0.25, -0.2) is 0 Å². The lowest BCUT2D eigenvalue weighted by atomic mass is 9.74. The average Bonchev–Trinajstić information content (AvgIpc) is 2.82. The Morgan fingerprint density at radius 2 is 0.818 bits per heavy atom. The molecule has 0 spiro atoms. The van der Waals surface area contributed by atoms with Crippen LogP contribution >= 0.6 is 0 Å². The van der Waals surface area contributed by atoms with Gasteiger partial charge in [-0.1, -0.05) is 0 Å². The Kier molecular flexibility index (Phi) is 14.1. The van der Waals surface area contributed by atoms with Crippen LogP contribution < -0.4 is 50.4 Å². The first-order valence-electron chi connectivity index (χ1n) is 11.9. The number of amides is 3. The van der Waals surface area contributed by atoms with Gasteiger partial charge in [0.15, 0.2) is 0 Å². The summed E-state index contributed by atoms with van der Waals surface area (Å²) in [6, 6.07) is -0.560. The maximum Gasteiger partial charge on any atom is 0.223 e. The van der Waals surface area contributed by atoms with Crippen molar-refractivity contribution in [2.45, 2.75) is 56.7 Å². The zero-order valence-corrected chi connectivity index (χ0v) is 19.6. The molecule has 0 aromatic heterocycles. The fourth-order valence-electron chi connectivity index (χ4n) is 3.89. The van der Waals surface area contributed by atoms with Crippen LogP contribution in [-0.4, -0.2) is 75.1 Å². The molecule has 1 saturated carbocycles. The van der Waals surface area contributed by atoms with Gasteiger partial charge in [-0.3, -0.25) is 14.4 Å². The smallest absolute Gasteiger partial charge is 0.223 e. The summed E-state index contributed by atoms with van der Waals surface area (Å²) >= 11 is 0. The van der Waals surface area contributed by atoms with Crippen molar-refractivity contribution in [2.75, 3.05) is 39.3 Å². The summed E-state index contributed by atoms with van der Waals surface area (Å²) in [5.74, 6) is -1.87. The van der Waals surface area contributed by atoms with Gasteiger partial charge < -0.3 is 50.4 Å². The fraction of sp³-hybridized carbons (Fsp3) is 0.857. The van der Waals surface area contributed by atoms with Crippen molar-refractivity contribution < 1.29 is 14.4 Å². The number of rotatable bonds is 15. The maximum absolute atomic E-state index is 12.8. The second-order valence-electron chi connectivity index (χ2n) is 9.02. The molecule has 0 aromatic rings. The van der Waals surface area contributed by atoms with E-state index in [4.69, 9.17) is 34.4 Å². The van der Waals surface area contributed by atoms with E-state index in [1.807, 2.05) is 0 Å². The lowest BCUT2D eigenvalue weighted by molar-refractivity contribution is -0.134. The lowest BCUT2D eigenvalue weighted by Crippen LogP contribution is -2.46. The molecule has 192 valence electrons. The van der Waals surface area contributed by atoms with E-state index in [0.29, 0.717) is 77.8 Å². The third kappa shape index (κ3) is 11.2. The molecule has 1 aliphatic rings. The normalized spacial score (nSPS) is 23.3. The van der Waals surface area contributed by atoms with E-state index in [1.54, 1.807) is 0 Å². The van der Waals surface area contributed by atoms with Crippen LogP contribution in [-0.2, 0) is 14.4 Å². The predicted molar refractivity (Wildman–Crippen MR) is 128 cm³/mol. The number of carbonyl (C=O) groups is 3. The molecular formula is C21H45N9O3. The molecule has 3 atom stereocenters. The fourth-order valence-corrected chi connectivity index (χ4v) is 3.89. The van der Waals surface area contributed by atoms with Crippen LogP contribution in [0.1, 0.15) is 38.5 Å². The monoisotopic (exact) mass is 471 g/mol. The topological polar surface area (TPSA) is 243 Å². The molecule has 1 aliphatic carbocycles. The van der Waals surface area contributed by atoms with Crippen LogP contribution in [0, 0.1) is 17.8 Å². The molecule has 0 heterocycles. The quantitative estimate of drug-likeness (QED) is 0.114. The highest BCUT2D eigenvalue weighted by atomic mass is 16.2. The summed E-state index contributed by atoms with van der Waals surface area (Å²) in [4.78, 5) is 38.3. The summed E-state index contributed by atoms with van der Waals surface area (Å²) in [6.45, 7) is 2.21. The second kappa shape index (κ2) is 15.9. The highest BCUT2D eigenvalue weighted by Crippen LogP contribution is 2.34. The summed E-state index contributed by atoms with van der Waals surface area (Å²) in [5.41, 5.74) is 33.9. The number of nitrogens with one attached hydrogen (secondary N) is 3. The minimum Gasteiger partial charge on any atom is -0.356 e. The van der Waals surface area contributed by atoms with Crippen LogP contribution in [0.3, 0.4) is 0 Å². The van der Waals surface area contributed by atoms with Gasteiger partial charge in [0, 0.05) is 75.1 Å². The highest BCUT2D eigenvalue weighted by Gasteiger charge is 2.38. The van der Waals surface area contributed by atoms with Gasteiger partial charge in [-0.15, -0.1) is 0 Å². The molecule has 1 fully saturated rings. The number of hydrogen-bond donors (Lipinski definition) is 9. The molecule has 0 saturated heterocycles. The van der Waals surface area contributed by atoms with E-state index < -0.39 is 17.8 Å². The molecule has 0 radical (unpaired) electrons. The third-order valence-corrected chi connectivity index (χ3v) is 6.17. The zero-order chi connectivity index (χ0) is 24.8. The Morgan fingerprint density at radius 1 is 0.576 bits per heavy atom. The van der Waals surface area contributed by atoms with Gasteiger partial charge in [-0.05, 0) is 38.5 Å². The van der Waals surface area contributed by atoms with Crippen molar-refractivity contribution in [3.8, 4) is 0 Å². The summed E-state index contributed by atoms with van der Waals surface area (Å²) < 4.78 is 0. The summed E-state index contributed by atoms with van der Waals surface area (Å²) in [7, 11) is 0. The van der Waals surface area contributed by atoms with Crippen molar-refractivity contribution in [3.63, 3.8) is 0 Å². The number of nitrogens with two attached hydrogens (primary N) is 6. The SMILES string of the molecule is NCC(N)CCNC(=O)C1CC(C(=O)NCCC(N)CN)CC(C(=O)NCCC(N)CN)C1. The molecule has 15 N–H and O–H groups in total.